The van der Waals surface area contributed by atoms with E-state index in [1.165, 1.54) is 0 Å². The second kappa shape index (κ2) is 13.1. The van der Waals surface area contributed by atoms with Gasteiger partial charge in [-0.25, -0.2) is 0 Å². The van der Waals surface area contributed by atoms with Crippen molar-refractivity contribution < 1.29 is 18.4 Å². The normalized spacial score (nSPS) is 12.6. The van der Waals surface area contributed by atoms with Crippen LogP contribution in [0.5, 0.6) is 11.5 Å². The Labute approximate surface area is 283 Å². The average molecular weight is 661 g/mol. The van der Waals surface area contributed by atoms with Crippen LogP contribution in [0.25, 0.3) is 0 Å². The third-order valence-corrected chi connectivity index (χ3v) is 17.7. The van der Waals surface area contributed by atoms with Gasteiger partial charge in [-0.1, -0.05) is 159 Å². The van der Waals surface area contributed by atoms with Crippen LogP contribution in [0.4, 0.5) is 0 Å². The fraction of sp³-hybridized carbons (Fsp3) is 0.0952. The molecule has 0 aromatic heterocycles. The van der Waals surface area contributed by atoms with E-state index in [4.69, 9.17) is 8.85 Å². The molecule has 4 nitrogen and oxygen atoms in total. The van der Waals surface area contributed by atoms with Crippen LogP contribution in [0.3, 0.4) is 0 Å². The lowest BCUT2D eigenvalue weighted by Gasteiger charge is -2.36. The summed E-state index contributed by atoms with van der Waals surface area (Å²) in [5, 5.41) is 4.45. The second-order valence-electron chi connectivity index (χ2n) is 12.1. The number of benzene rings is 6. The van der Waals surface area contributed by atoms with Crippen LogP contribution in [0.1, 0.15) is 45.7 Å². The SMILES string of the molecule is CC[Si](Oc1cc2c(cc1O[Si](CC)(c1ccccc1)c1ccccc1)C(=O)c1ccccc1C2=O)(c1ccccc1)c1ccccc1. The van der Waals surface area contributed by atoms with E-state index < -0.39 is 16.6 Å². The Balaban J connectivity index is 1.49. The van der Waals surface area contributed by atoms with E-state index >= 15 is 0 Å². The molecule has 0 saturated heterocycles. The zero-order chi connectivity index (χ0) is 33.1. The summed E-state index contributed by atoms with van der Waals surface area (Å²) in [5.41, 5.74) is 1.49. The first-order chi connectivity index (χ1) is 23.5. The van der Waals surface area contributed by atoms with Crippen molar-refractivity contribution in [1.82, 2.24) is 0 Å². The first kappa shape index (κ1) is 31.3. The topological polar surface area (TPSA) is 52.6 Å². The summed E-state index contributed by atoms with van der Waals surface area (Å²) < 4.78 is 14.9. The zero-order valence-electron chi connectivity index (χ0n) is 27.1. The predicted octanol–water partition coefficient (Wildman–Crippen LogP) is 6.78. The number of fused-ring (bicyclic) bond motifs is 2. The molecule has 0 spiro atoms. The Kier molecular flexibility index (Phi) is 8.52. The van der Waals surface area contributed by atoms with Gasteiger partial charge in [-0.15, -0.1) is 0 Å². The van der Waals surface area contributed by atoms with E-state index in [1.807, 2.05) is 72.8 Å². The highest BCUT2D eigenvalue weighted by Gasteiger charge is 2.44. The molecular formula is C42H36O4Si2. The van der Waals surface area contributed by atoms with Crippen molar-refractivity contribution in [3.8, 4) is 11.5 Å². The number of hydrogen-bond donors (Lipinski definition) is 0. The Bertz CT molecular complexity index is 1850. The van der Waals surface area contributed by atoms with E-state index in [-0.39, 0.29) is 11.6 Å². The Morgan fingerprint density at radius 3 is 0.938 bits per heavy atom. The van der Waals surface area contributed by atoms with Crippen molar-refractivity contribution in [3.63, 3.8) is 0 Å². The van der Waals surface area contributed by atoms with Gasteiger partial charge in [0.25, 0.3) is 0 Å². The summed E-state index contributed by atoms with van der Waals surface area (Å²) in [5.74, 6) is 0.579. The molecule has 0 aliphatic heterocycles. The monoisotopic (exact) mass is 660 g/mol. The third kappa shape index (κ3) is 5.33. The highest BCUT2D eigenvalue weighted by Crippen LogP contribution is 2.39. The molecule has 48 heavy (non-hydrogen) atoms. The summed E-state index contributed by atoms with van der Waals surface area (Å²) >= 11 is 0. The van der Waals surface area contributed by atoms with Crippen LogP contribution in [-0.4, -0.2) is 28.2 Å². The van der Waals surface area contributed by atoms with Crippen molar-refractivity contribution in [2.45, 2.75) is 25.9 Å². The van der Waals surface area contributed by atoms with Crippen LogP contribution in [-0.2, 0) is 0 Å². The van der Waals surface area contributed by atoms with Gasteiger partial charge in [0.2, 0.25) is 0 Å². The van der Waals surface area contributed by atoms with E-state index in [0.29, 0.717) is 33.8 Å². The largest absolute Gasteiger partial charge is 0.532 e. The van der Waals surface area contributed by atoms with Crippen LogP contribution >= 0.6 is 0 Å². The van der Waals surface area contributed by atoms with Gasteiger partial charge in [0.05, 0.1) is 0 Å². The average Bonchev–Trinajstić information content (AvgIpc) is 3.16. The summed E-state index contributed by atoms with van der Waals surface area (Å²) in [7, 11) is -5.91. The maximum atomic E-state index is 14.0. The molecule has 0 amide bonds. The summed E-state index contributed by atoms with van der Waals surface area (Å²) in [6, 6.07) is 53.5. The van der Waals surface area contributed by atoms with Gasteiger partial charge >= 0.3 is 16.6 Å². The predicted molar refractivity (Wildman–Crippen MR) is 198 cm³/mol. The smallest absolute Gasteiger partial charge is 0.314 e. The van der Waals surface area contributed by atoms with Crippen molar-refractivity contribution >= 4 is 48.9 Å². The molecule has 0 atom stereocenters. The van der Waals surface area contributed by atoms with Crippen molar-refractivity contribution in [1.29, 1.82) is 0 Å². The molecule has 0 N–H and O–H groups in total. The molecular weight excluding hydrogens is 625 g/mol. The maximum Gasteiger partial charge on any atom is 0.314 e. The lowest BCUT2D eigenvalue weighted by atomic mass is 9.84. The first-order valence-electron chi connectivity index (χ1n) is 16.5. The molecule has 0 saturated carbocycles. The quantitative estimate of drug-likeness (QED) is 0.152. The van der Waals surface area contributed by atoms with Crippen LogP contribution in [0.2, 0.25) is 12.1 Å². The molecule has 1 aliphatic rings. The van der Waals surface area contributed by atoms with Crippen LogP contribution in [0.15, 0.2) is 158 Å². The minimum atomic E-state index is -2.95. The lowest BCUT2D eigenvalue weighted by molar-refractivity contribution is 0.0978. The fourth-order valence-electron chi connectivity index (χ4n) is 7.00. The molecule has 1 aliphatic carbocycles. The van der Waals surface area contributed by atoms with Gasteiger partial charge in [-0.05, 0) is 45.0 Å². The van der Waals surface area contributed by atoms with Gasteiger partial charge in [-0.3, -0.25) is 9.59 Å². The Morgan fingerprint density at radius 1 is 0.396 bits per heavy atom. The van der Waals surface area contributed by atoms with Crippen LogP contribution < -0.4 is 29.6 Å². The number of ketones is 2. The minimum Gasteiger partial charge on any atom is -0.532 e. The van der Waals surface area contributed by atoms with Gasteiger partial charge < -0.3 is 8.85 Å². The molecule has 6 aromatic carbocycles. The molecule has 0 heterocycles. The Morgan fingerprint density at radius 2 is 0.667 bits per heavy atom. The molecule has 0 bridgehead atoms. The number of hydrogen-bond acceptors (Lipinski definition) is 4. The third-order valence-electron chi connectivity index (χ3n) is 9.51. The number of carbonyl (C=O) groups excluding carboxylic acids is 2. The second-order valence-corrected chi connectivity index (χ2v) is 19.5. The van der Waals surface area contributed by atoms with Crippen molar-refractivity contribution in [2.75, 3.05) is 0 Å². The molecule has 0 radical (unpaired) electrons. The van der Waals surface area contributed by atoms with Crippen molar-refractivity contribution in [3.05, 3.63) is 180 Å². The standard InChI is InChI=1S/C42H36O4Si2/c1-3-47(31-19-9-5-10-20-31,32-21-11-6-12-22-32)45-39-29-37-38(42(44)36-28-18-17-27-35(36)41(37)43)30-40(39)46-48(4-2,33-23-13-7-14-24-33)34-25-15-8-16-26-34/h5-30H,3-4H2,1-2H3. The van der Waals surface area contributed by atoms with Crippen molar-refractivity contribution in [2.24, 2.45) is 0 Å². The molecule has 6 heteroatoms. The summed E-state index contributed by atoms with van der Waals surface area (Å²) in [6.07, 6.45) is 0. The molecule has 6 aromatic rings. The van der Waals surface area contributed by atoms with Gasteiger partial charge in [0.1, 0.15) is 11.5 Å². The minimum absolute atomic E-state index is 0.190. The lowest BCUT2D eigenvalue weighted by Crippen LogP contribution is -2.64. The molecule has 7 rings (SSSR count). The van der Waals surface area contributed by atoms with E-state index in [1.54, 1.807) is 36.4 Å². The van der Waals surface area contributed by atoms with Gasteiger partial charge in [-0.2, -0.15) is 0 Å². The van der Waals surface area contributed by atoms with Gasteiger partial charge in [0.15, 0.2) is 11.6 Å². The van der Waals surface area contributed by atoms with Gasteiger partial charge in [0, 0.05) is 22.3 Å². The van der Waals surface area contributed by atoms with E-state index in [2.05, 4.69) is 62.4 Å². The molecule has 236 valence electrons. The maximum absolute atomic E-state index is 14.0. The fourth-order valence-corrected chi connectivity index (χ4v) is 14.1. The molecule has 0 fully saturated rings. The highest BCUT2D eigenvalue weighted by atomic mass is 28.4. The molecule has 0 unspecified atom stereocenters. The first-order valence-corrected chi connectivity index (χ1v) is 20.7. The Hall–Kier alpha value is -5.31. The number of carbonyl (C=O) groups is 2. The van der Waals surface area contributed by atoms with E-state index in [9.17, 15) is 9.59 Å². The summed E-state index contributed by atoms with van der Waals surface area (Å²) in [6.45, 7) is 4.32. The van der Waals surface area contributed by atoms with Crippen LogP contribution in [0, 0.1) is 0 Å². The zero-order valence-corrected chi connectivity index (χ0v) is 29.1. The highest BCUT2D eigenvalue weighted by molar-refractivity contribution is 6.98. The van der Waals surface area contributed by atoms with E-state index in [0.717, 1.165) is 32.8 Å². The summed E-state index contributed by atoms with van der Waals surface area (Å²) in [4.78, 5) is 28.1. The number of rotatable bonds is 10.